The van der Waals surface area contributed by atoms with Gasteiger partial charge in [-0.05, 0) is 50.1 Å². The molecular weight excluding hydrogens is 332 g/mol. The van der Waals surface area contributed by atoms with E-state index in [0.29, 0.717) is 36.9 Å². The lowest BCUT2D eigenvalue weighted by Gasteiger charge is -2.13. The fraction of sp³-hybridized carbons (Fsp3) is 0.350. The Morgan fingerprint density at radius 1 is 0.962 bits per heavy atom. The number of carbonyl (C=O) groups is 1. The summed E-state index contributed by atoms with van der Waals surface area (Å²) in [6.45, 7) is 5.43. The maximum absolute atomic E-state index is 12.1. The van der Waals surface area contributed by atoms with Crippen LogP contribution in [0.4, 0.5) is 10.5 Å². The van der Waals surface area contributed by atoms with Crippen LogP contribution in [0.5, 0.6) is 17.2 Å². The number of benzene rings is 2. The summed E-state index contributed by atoms with van der Waals surface area (Å²) >= 11 is 0. The van der Waals surface area contributed by atoms with Crippen LogP contribution < -0.4 is 24.8 Å². The number of ether oxygens (including phenoxy) is 3. The van der Waals surface area contributed by atoms with Gasteiger partial charge in [0.2, 0.25) is 0 Å². The number of nitrogens with one attached hydrogen (secondary N) is 2. The van der Waals surface area contributed by atoms with Crippen molar-refractivity contribution >= 4 is 11.7 Å². The molecule has 2 aromatic rings. The van der Waals surface area contributed by atoms with Crippen LogP contribution in [0.15, 0.2) is 42.5 Å². The Labute approximate surface area is 154 Å². The number of hydrogen-bond acceptors (Lipinski definition) is 4. The lowest BCUT2D eigenvalue weighted by Crippen LogP contribution is -2.30. The predicted octanol–water partition coefficient (Wildman–Crippen LogP) is 3.86. The quantitative estimate of drug-likeness (QED) is 0.714. The molecule has 2 amide bonds. The predicted molar refractivity (Wildman–Crippen MR) is 102 cm³/mol. The van der Waals surface area contributed by atoms with Crippen molar-refractivity contribution in [3.8, 4) is 17.2 Å². The molecular formula is C20H26N2O4. The lowest BCUT2D eigenvalue weighted by molar-refractivity contribution is 0.252. The van der Waals surface area contributed by atoms with Gasteiger partial charge < -0.3 is 24.8 Å². The first-order valence-electron chi connectivity index (χ1n) is 8.73. The molecule has 0 atom stereocenters. The van der Waals surface area contributed by atoms with Crippen LogP contribution in [0, 0.1) is 0 Å². The zero-order valence-corrected chi connectivity index (χ0v) is 15.5. The first kappa shape index (κ1) is 19.4. The van der Waals surface area contributed by atoms with E-state index in [-0.39, 0.29) is 6.03 Å². The van der Waals surface area contributed by atoms with Gasteiger partial charge in [0.25, 0.3) is 0 Å². The number of hydrogen-bond donors (Lipinski definition) is 2. The van der Waals surface area contributed by atoms with E-state index in [4.69, 9.17) is 14.2 Å². The number of methoxy groups -OCH3 is 1. The summed E-state index contributed by atoms with van der Waals surface area (Å²) in [5, 5.41) is 5.66. The molecule has 26 heavy (non-hydrogen) atoms. The average molecular weight is 358 g/mol. The van der Waals surface area contributed by atoms with Crippen LogP contribution in [0.3, 0.4) is 0 Å². The normalized spacial score (nSPS) is 10.1. The molecule has 0 spiro atoms. The van der Waals surface area contributed by atoms with Crippen molar-refractivity contribution in [3.05, 3.63) is 48.0 Å². The van der Waals surface area contributed by atoms with Gasteiger partial charge in [0.05, 0.1) is 20.3 Å². The van der Waals surface area contributed by atoms with Gasteiger partial charge in [-0.15, -0.1) is 0 Å². The maximum atomic E-state index is 12.1. The van der Waals surface area contributed by atoms with Crippen LogP contribution in [-0.2, 0) is 6.42 Å². The topological polar surface area (TPSA) is 68.8 Å². The molecule has 2 aromatic carbocycles. The summed E-state index contributed by atoms with van der Waals surface area (Å²) in [4.78, 5) is 12.1. The average Bonchev–Trinajstić information content (AvgIpc) is 2.65. The fourth-order valence-corrected chi connectivity index (χ4v) is 2.42. The molecule has 2 N–H and O–H groups in total. The molecule has 0 heterocycles. The minimum Gasteiger partial charge on any atom is -0.497 e. The molecule has 6 nitrogen and oxygen atoms in total. The largest absolute Gasteiger partial charge is 0.497 e. The molecule has 0 aliphatic rings. The van der Waals surface area contributed by atoms with Crippen molar-refractivity contribution in [1.82, 2.24) is 5.32 Å². The molecule has 0 saturated heterocycles. The van der Waals surface area contributed by atoms with Crippen molar-refractivity contribution in [2.45, 2.75) is 20.3 Å². The Morgan fingerprint density at radius 2 is 1.65 bits per heavy atom. The molecule has 140 valence electrons. The fourth-order valence-electron chi connectivity index (χ4n) is 2.42. The number of amides is 2. The summed E-state index contributed by atoms with van der Waals surface area (Å²) < 4.78 is 16.2. The van der Waals surface area contributed by atoms with Crippen molar-refractivity contribution < 1.29 is 19.0 Å². The zero-order chi connectivity index (χ0) is 18.8. The Morgan fingerprint density at radius 3 is 2.31 bits per heavy atom. The highest BCUT2D eigenvalue weighted by atomic mass is 16.5. The first-order chi connectivity index (χ1) is 12.7. The van der Waals surface area contributed by atoms with Gasteiger partial charge in [-0.2, -0.15) is 0 Å². The standard InChI is InChI=1S/C20H26N2O4/c1-4-25-18-11-8-16(14-19(18)26-5-2)22-20(23)21-13-12-15-6-9-17(24-3)10-7-15/h6-11,14H,4-5,12-13H2,1-3H3,(H2,21,22,23). The summed E-state index contributed by atoms with van der Waals surface area (Å²) in [6, 6.07) is 12.9. The Bertz CT molecular complexity index is 701. The number of carbonyl (C=O) groups excluding carboxylic acids is 1. The molecule has 0 fully saturated rings. The van der Waals surface area contributed by atoms with Gasteiger partial charge in [0.1, 0.15) is 5.75 Å². The smallest absolute Gasteiger partial charge is 0.319 e. The van der Waals surface area contributed by atoms with Crippen molar-refractivity contribution in [1.29, 1.82) is 0 Å². The zero-order valence-electron chi connectivity index (χ0n) is 15.5. The molecule has 6 heteroatoms. The van der Waals surface area contributed by atoms with Crippen molar-refractivity contribution in [2.24, 2.45) is 0 Å². The third-order valence-corrected chi connectivity index (χ3v) is 3.66. The van der Waals surface area contributed by atoms with Gasteiger partial charge in [0.15, 0.2) is 11.5 Å². The summed E-state index contributed by atoms with van der Waals surface area (Å²) in [5.41, 5.74) is 1.78. The van der Waals surface area contributed by atoms with Crippen molar-refractivity contribution in [3.63, 3.8) is 0 Å². The van der Waals surface area contributed by atoms with Crippen LogP contribution in [0.2, 0.25) is 0 Å². The van der Waals surface area contributed by atoms with E-state index < -0.39 is 0 Å². The Kier molecular flexibility index (Phi) is 7.61. The third kappa shape index (κ3) is 5.88. The van der Waals surface area contributed by atoms with E-state index in [1.165, 1.54) is 0 Å². The number of rotatable bonds is 9. The highest BCUT2D eigenvalue weighted by Gasteiger charge is 2.08. The number of anilines is 1. The summed E-state index contributed by atoms with van der Waals surface area (Å²) in [5.74, 6) is 2.10. The van der Waals surface area contributed by atoms with Gasteiger partial charge >= 0.3 is 6.03 Å². The van der Waals surface area contributed by atoms with Gasteiger partial charge in [0, 0.05) is 18.3 Å². The maximum Gasteiger partial charge on any atom is 0.319 e. The van der Waals surface area contributed by atoms with E-state index in [9.17, 15) is 4.79 Å². The molecule has 0 aliphatic heterocycles. The lowest BCUT2D eigenvalue weighted by atomic mass is 10.1. The second-order valence-corrected chi connectivity index (χ2v) is 5.51. The van der Waals surface area contributed by atoms with Gasteiger partial charge in [-0.25, -0.2) is 4.79 Å². The molecule has 0 radical (unpaired) electrons. The third-order valence-electron chi connectivity index (χ3n) is 3.66. The summed E-state index contributed by atoms with van der Waals surface area (Å²) in [6.07, 6.45) is 0.741. The van der Waals surface area contributed by atoms with E-state index in [1.807, 2.05) is 38.1 Å². The van der Waals surface area contributed by atoms with Crippen molar-refractivity contribution in [2.75, 3.05) is 32.2 Å². The molecule has 0 aliphatic carbocycles. The highest BCUT2D eigenvalue weighted by Crippen LogP contribution is 2.30. The minimum absolute atomic E-state index is 0.259. The monoisotopic (exact) mass is 358 g/mol. The van der Waals surface area contributed by atoms with Crippen LogP contribution >= 0.6 is 0 Å². The second kappa shape index (κ2) is 10.2. The molecule has 0 unspecified atom stereocenters. The van der Waals surface area contributed by atoms with Crippen LogP contribution in [0.1, 0.15) is 19.4 Å². The van der Waals surface area contributed by atoms with E-state index in [0.717, 1.165) is 17.7 Å². The number of urea groups is 1. The summed E-state index contributed by atoms with van der Waals surface area (Å²) in [7, 11) is 1.64. The van der Waals surface area contributed by atoms with E-state index in [2.05, 4.69) is 10.6 Å². The van der Waals surface area contributed by atoms with E-state index >= 15 is 0 Å². The van der Waals surface area contributed by atoms with Gasteiger partial charge in [-0.3, -0.25) is 0 Å². The van der Waals surface area contributed by atoms with Gasteiger partial charge in [-0.1, -0.05) is 12.1 Å². The molecule has 0 saturated carbocycles. The highest BCUT2D eigenvalue weighted by molar-refractivity contribution is 5.89. The molecule has 2 rings (SSSR count). The first-order valence-corrected chi connectivity index (χ1v) is 8.73. The van der Waals surface area contributed by atoms with E-state index in [1.54, 1.807) is 25.3 Å². The Hall–Kier alpha value is -2.89. The molecule has 0 bridgehead atoms. The Balaban J connectivity index is 1.85. The second-order valence-electron chi connectivity index (χ2n) is 5.51. The molecule has 0 aromatic heterocycles. The van der Waals surface area contributed by atoms with Crippen LogP contribution in [0.25, 0.3) is 0 Å². The minimum atomic E-state index is -0.259. The SMILES string of the molecule is CCOc1ccc(NC(=O)NCCc2ccc(OC)cc2)cc1OCC. The van der Waals surface area contributed by atoms with Crippen LogP contribution in [-0.4, -0.2) is 32.9 Å².